The zero-order chi connectivity index (χ0) is 15.2. The molecule has 0 spiro atoms. The maximum absolute atomic E-state index is 12.9. The number of halogens is 1. The van der Waals surface area contributed by atoms with Gasteiger partial charge in [0.1, 0.15) is 5.69 Å². The van der Waals surface area contributed by atoms with Crippen LogP contribution < -0.4 is 5.32 Å². The number of nitrogens with zero attached hydrogens (tertiary/aromatic N) is 2. The summed E-state index contributed by atoms with van der Waals surface area (Å²) in [5.74, 6) is 0.157. The second-order valence-corrected chi connectivity index (χ2v) is 6.64. The molecule has 1 N–H and O–H groups in total. The number of hydrogen-bond acceptors (Lipinski definition) is 2. The SMILES string of the molecule is CCCCN(CC1CCCN1)C(=O)c1cc(Br)cn1CC. The predicted octanol–water partition coefficient (Wildman–Crippen LogP) is 3.26. The first kappa shape index (κ1) is 16.6. The Morgan fingerprint density at radius 2 is 2.33 bits per heavy atom. The van der Waals surface area contributed by atoms with E-state index in [4.69, 9.17) is 0 Å². The fraction of sp³-hybridized carbons (Fsp3) is 0.688. The van der Waals surface area contributed by atoms with Gasteiger partial charge in [-0.15, -0.1) is 0 Å². The van der Waals surface area contributed by atoms with Crippen LogP contribution in [0.15, 0.2) is 16.7 Å². The molecule has 4 nitrogen and oxygen atoms in total. The molecule has 21 heavy (non-hydrogen) atoms. The van der Waals surface area contributed by atoms with Crippen LogP contribution >= 0.6 is 15.9 Å². The van der Waals surface area contributed by atoms with E-state index in [1.165, 1.54) is 12.8 Å². The van der Waals surface area contributed by atoms with Gasteiger partial charge in [-0.1, -0.05) is 13.3 Å². The number of carbonyl (C=O) groups excluding carboxylic acids is 1. The van der Waals surface area contributed by atoms with Crippen molar-refractivity contribution in [2.75, 3.05) is 19.6 Å². The Kier molecular flexibility index (Phi) is 6.30. The third-order valence-electron chi connectivity index (χ3n) is 4.09. The van der Waals surface area contributed by atoms with Crippen LogP contribution in [0, 0.1) is 0 Å². The van der Waals surface area contributed by atoms with Crippen molar-refractivity contribution in [1.82, 2.24) is 14.8 Å². The van der Waals surface area contributed by atoms with Gasteiger partial charge in [0.05, 0.1) is 0 Å². The molecule has 1 atom stereocenters. The topological polar surface area (TPSA) is 37.3 Å². The van der Waals surface area contributed by atoms with Crippen LogP contribution in [0.1, 0.15) is 50.0 Å². The molecule has 1 aliphatic rings. The third-order valence-corrected chi connectivity index (χ3v) is 4.53. The molecule has 118 valence electrons. The lowest BCUT2D eigenvalue weighted by Crippen LogP contribution is -2.42. The van der Waals surface area contributed by atoms with Crippen molar-refractivity contribution in [3.8, 4) is 0 Å². The van der Waals surface area contributed by atoms with Crippen molar-refractivity contribution < 1.29 is 4.79 Å². The van der Waals surface area contributed by atoms with Gasteiger partial charge >= 0.3 is 0 Å². The highest BCUT2D eigenvalue weighted by Crippen LogP contribution is 2.18. The molecule has 1 aromatic rings. The molecule has 1 amide bonds. The lowest BCUT2D eigenvalue weighted by molar-refractivity contribution is 0.0728. The summed E-state index contributed by atoms with van der Waals surface area (Å²) < 4.78 is 3.00. The number of unbranched alkanes of at least 4 members (excludes halogenated alkanes) is 1. The number of aromatic nitrogens is 1. The lowest BCUT2D eigenvalue weighted by Gasteiger charge is -2.26. The van der Waals surface area contributed by atoms with E-state index in [-0.39, 0.29) is 5.91 Å². The van der Waals surface area contributed by atoms with Crippen molar-refractivity contribution in [2.45, 2.75) is 52.1 Å². The minimum atomic E-state index is 0.157. The average Bonchev–Trinajstić information content (AvgIpc) is 3.11. The number of aryl methyl sites for hydroxylation is 1. The molecular weight excluding hydrogens is 330 g/mol. The molecule has 1 unspecified atom stereocenters. The van der Waals surface area contributed by atoms with E-state index >= 15 is 0 Å². The average molecular weight is 356 g/mol. The van der Waals surface area contributed by atoms with Crippen LogP contribution in [0.5, 0.6) is 0 Å². The Bertz CT molecular complexity index is 466. The van der Waals surface area contributed by atoms with Crippen LogP contribution in [0.25, 0.3) is 0 Å². The highest BCUT2D eigenvalue weighted by atomic mass is 79.9. The van der Waals surface area contributed by atoms with Gasteiger partial charge in [0.2, 0.25) is 0 Å². The van der Waals surface area contributed by atoms with Gasteiger partial charge in [0.25, 0.3) is 5.91 Å². The maximum atomic E-state index is 12.9. The zero-order valence-electron chi connectivity index (χ0n) is 13.1. The Balaban J connectivity index is 2.11. The number of rotatable bonds is 7. The summed E-state index contributed by atoms with van der Waals surface area (Å²) in [4.78, 5) is 14.9. The maximum Gasteiger partial charge on any atom is 0.270 e. The Morgan fingerprint density at radius 1 is 1.52 bits per heavy atom. The van der Waals surface area contributed by atoms with Crippen molar-refractivity contribution in [2.24, 2.45) is 0 Å². The molecule has 2 rings (SSSR count). The Hall–Kier alpha value is -0.810. The molecule has 0 aliphatic carbocycles. The summed E-state index contributed by atoms with van der Waals surface area (Å²) in [6, 6.07) is 2.40. The number of amides is 1. The molecule has 0 aromatic carbocycles. The molecule has 0 radical (unpaired) electrons. The lowest BCUT2D eigenvalue weighted by atomic mass is 10.2. The molecule has 2 heterocycles. The molecule has 1 fully saturated rings. The summed E-state index contributed by atoms with van der Waals surface area (Å²) in [7, 11) is 0. The second kappa shape index (κ2) is 7.99. The van der Waals surface area contributed by atoms with Gasteiger partial charge in [-0.2, -0.15) is 0 Å². The summed E-state index contributed by atoms with van der Waals surface area (Å²) in [5, 5.41) is 3.49. The Labute approximate surface area is 136 Å². The van der Waals surface area contributed by atoms with E-state index in [2.05, 4.69) is 35.1 Å². The van der Waals surface area contributed by atoms with Crippen LogP contribution in [0.3, 0.4) is 0 Å². The fourth-order valence-corrected chi connectivity index (χ4v) is 3.34. The van der Waals surface area contributed by atoms with E-state index in [0.717, 1.165) is 49.2 Å². The zero-order valence-corrected chi connectivity index (χ0v) is 14.7. The van der Waals surface area contributed by atoms with Crippen molar-refractivity contribution in [3.63, 3.8) is 0 Å². The predicted molar refractivity (Wildman–Crippen MR) is 89.6 cm³/mol. The molecule has 5 heteroatoms. The smallest absolute Gasteiger partial charge is 0.270 e. The van der Waals surface area contributed by atoms with Crippen molar-refractivity contribution in [3.05, 3.63) is 22.4 Å². The summed E-state index contributed by atoms with van der Waals surface area (Å²) in [6.07, 6.45) is 6.55. The summed E-state index contributed by atoms with van der Waals surface area (Å²) in [6.45, 7) is 7.80. The first-order chi connectivity index (χ1) is 10.2. The summed E-state index contributed by atoms with van der Waals surface area (Å²) in [5.41, 5.74) is 0.790. The van der Waals surface area contributed by atoms with Crippen molar-refractivity contribution >= 4 is 21.8 Å². The van der Waals surface area contributed by atoms with Gasteiger partial charge in [-0.3, -0.25) is 4.79 Å². The van der Waals surface area contributed by atoms with E-state index in [0.29, 0.717) is 6.04 Å². The second-order valence-electron chi connectivity index (χ2n) is 5.73. The molecule has 1 saturated heterocycles. The number of nitrogens with one attached hydrogen (secondary N) is 1. The minimum Gasteiger partial charge on any atom is -0.343 e. The van der Waals surface area contributed by atoms with Crippen LogP contribution in [0.4, 0.5) is 0 Å². The van der Waals surface area contributed by atoms with Crippen LogP contribution in [-0.4, -0.2) is 41.1 Å². The third kappa shape index (κ3) is 4.33. The van der Waals surface area contributed by atoms with Gasteiger partial charge in [-0.05, 0) is 54.7 Å². The van der Waals surface area contributed by atoms with Gasteiger partial charge in [-0.25, -0.2) is 0 Å². The van der Waals surface area contributed by atoms with E-state index in [9.17, 15) is 4.79 Å². The highest BCUT2D eigenvalue weighted by molar-refractivity contribution is 9.10. The van der Waals surface area contributed by atoms with Crippen LogP contribution in [-0.2, 0) is 6.54 Å². The normalized spacial score (nSPS) is 18.1. The van der Waals surface area contributed by atoms with E-state index in [1.807, 2.05) is 21.7 Å². The van der Waals surface area contributed by atoms with Gasteiger partial charge in [0, 0.05) is 36.3 Å². The van der Waals surface area contributed by atoms with Gasteiger partial charge < -0.3 is 14.8 Å². The first-order valence-electron chi connectivity index (χ1n) is 8.04. The molecule has 1 aromatic heterocycles. The van der Waals surface area contributed by atoms with E-state index < -0.39 is 0 Å². The fourth-order valence-electron chi connectivity index (χ4n) is 2.88. The standard InChI is InChI=1S/C16H26BrN3O/c1-3-5-9-20(12-14-7-6-8-18-14)16(21)15-10-13(17)11-19(15)4-2/h10-11,14,18H,3-9,12H2,1-2H3. The first-order valence-corrected chi connectivity index (χ1v) is 8.83. The highest BCUT2D eigenvalue weighted by Gasteiger charge is 2.24. The van der Waals surface area contributed by atoms with E-state index in [1.54, 1.807) is 0 Å². The summed E-state index contributed by atoms with van der Waals surface area (Å²) >= 11 is 3.48. The number of carbonyl (C=O) groups is 1. The van der Waals surface area contributed by atoms with Crippen LogP contribution in [0.2, 0.25) is 0 Å². The largest absolute Gasteiger partial charge is 0.343 e. The van der Waals surface area contributed by atoms with Crippen molar-refractivity contribution in [1.29, 1.82) is 0 Å². The monoisotopic (exact) mass is 355 g/mol. The molecular formula is C16H26BrN3O. The molecule has 1 aliphatic heterocycles. The molecule has 0 saturated carbocycles. The Morgan fingerprint density at radius 3 is 2.95 bits per heavy atom. The quantitative estimate of drug-likeness (QED) is 0.814. The van der Waals surface area contributed by atoms with Gasteiger partial charge in [0.15, 0.2) is 0 Å². The number of hydrogen-bond donors (Lipinski definition) is 1. The minimum absolute atomic E-state index is 0.157. The molecule has 0 bridgehead atoms.